The van der Waals surface area contributed by atoms with E-state index in [4.69, 9.17) is 18.9 Å². The Labute approximate surface area is 112 Å². The van der Waals surface area contributed by atoms with E-state index in [9.17, 15) is 0 Å². The maximum absolute atomic E-state index is 5.48. The van der Waals surface area contributed by atoms with Gasteiger partial charge in [0.1, 0.15) is 0 Å². The highest BCUT2D eigenvalue weighted by molar-refractivity contribution is 4.58. The van der Waals surface area contributed by atoms with Gasteiger partial charge < -0.3 is 18.9 Å². The summed E-state index contributed by atoms with van der Waals surface area (Å²) >= 11 is 0. The molecule has 0 spiro atoms. The van der Waals surface area contributed by atoms with Gasteiger partial charge in [-0.1, -0.05) is 27.7 Å². The van der Waals surface area contributed by atoms with Crippen molar-refractivity contribution in [2.24, 2.45) is 5.41 Å². The summed E-state index contributed by atoms with van der Waals surface area (Å²) in [6.45, 7) is 14.0. The van der Waals surface area contributed by atoms with E-state index in [0.29, 0.717) is 39.6 Å². The summed E-state index contributed by atoms with van der Waals surface area (Å²) in [4.78, 5) is 0. The average Bonchev–Trinajstić information content (AvgIpc) is 2.29. The third kappa shape index (κ3) is 15.8. The van der Waals surface area contributed by atoms with Crippen molar-refractivity contribution in [3.8, 4) is 0 Å². The van der Waals surface area contributed by atoms with Crippen LogP contribution in [0.1, 0.15) is 34.1 Å². The molecule has 0 N–H and O–H groups in total. The molecule has 0 aliphatic heterocycles. The summed E-state index contributed by atoms with van der Waals surface area (Å²) in [5.74, 6) is 0. The van der Waals surface area contributed by atoms with Crippen molar-refractivity contribution >= 4 is 0 Å². The molecule has 0 unspecified atom stereocenters. The zero-order valence-corrected chi connectivity index (χ0v) is 12.5. The van der Waals surface area contributed by atoms with Crippen LogP contribution < -0.4 is 0 Å². The summed E-state index contributed by atoms with van der Waals surface area (Å²) in [7, 11) is 0. The van der Waals surface area contributed by atoms with Gasteiger partial charge in [0.2, 0.25) is 0 Å². The second-order valence-corrected chi connectivity index (χ2v) is 5.45. The molecular weight excluding hydrogens is 232 g/mol. The lowest BCUT2D eigenvalue weighted by molar-refractivity contribution is -0.0108. The van der Waals surface area contributed by atoms with Crippen LogP contribution in [0.3, 0.4) is 0 Å². The molecule has 0 fully saturated rings. The number of rotatable bonds is 12. The monoisotopic (exact) mass is 262 g/mol. The van der Waals surface area contributed by atoms with Crippen LogP contribution in [0.25, 0.3) is 0 Å². The molecule has 0 amide bonds. The van der Waals surface area contributed by atoms with Crippen LogP contribution in [0, 0.1) is 5.41 Å². The molecule has 0 aliphatic rings. The molecule has 18 heavy (non-hydrogen) atoms. The van der Waals surface area contributed by atoms with Crippen LogP contribution in [0.4, 0.5) is 0 Å². The summed E-state index contributed by atoms with van der Waals surface area (Å²) < 4.78 is 21.5. The molecule has 0 rings (SSSR count). The fourth-order valence-electron chi connectivity index (χ4n) is 1.18. The smallest absolute Gasteiger partial charge is 0.0701 e. The van der Waals surface area contributed by atoms with E-state index in [2.05, 4.69) is 27.7 Å². The van der Waals surface area contributed by atoms with Crippen molar-refractivity contribution in [2.75, 3.05) is 52.9 Å². The molecule has 110 valence electrons. The third-order valence-corrected chi connectivity index (χ3v) is 2.00. The lowest BCUT2D eigenvalue weighted by Gasteiger charge is -2.17. The molecule has 0 atom stereocenters. The molecular formula is C14H30O4. The van der Waals surface area contributed by atoms with E-state index in [-0.39, 0.29) is 5.41 Å². The predicted octanol–water partition coefficient (Wildman–Crippen LogP) is 2.51. The molecule has 0 radical (unpaired) electrons. The normalized spacial score (nSPS) is 12.0. The van der Waals surface area contributed by atoms with Crippen LogP contribution in [0.5, 0.6) is 0 Å². The van der Waals surface area contributed by atoms with Crippen LogP contribution in [-0.2, 0) is 18.9 Å². The Bertz CT molecular complexity index is 166. The first-order chi connectivity index (χ1) is 8.56. The highest BCUT2D eigenvalue weighted by Gasteiger charge is 2.09. The highest BCUT2D eigenvalue weighted by Crippen LogP contribution is 2.12. The lowest BCUT2D eigenvalue weighted by Crippen LogP contribution is -2.17. The minimum atomic E-state index is 0.224. The lowest BCUT2D eigenvalue weighted by atomic mass is 9.99. The Morgan fingerprint density at radius 3 is 1.39 bits per heavy atom. The van der Waals surface area contributed by atoms with Crippen molar-refractivity contribution in [1.82, 2.24) is 0 Å². The van der Waals surface area contributed by atoms with Crippen LogP contribution >= 0.6 is 0 Å². The van der Waals surface area contributed by atoms with Crippen molar-refractivity contribution in [3.05, 3.63) is 0 Å². The van der Waals surface area contributed by atoms with Gasteiger partial charge in [0, 0.05) is 6.61 Å². The van der Waals surface area contributed by atoms with Crippen LogP contribution in [-0.4, -0.2) is 52.9 Å². The van der Waals surface area contributed by atoms with Gasteiger partial charge in [-0.05, 0) is 11.8 Å². The van der Waals surface area contributed by atoms with Gasteiger partial charge in [0.15, 0.2) is 0 Å². The van der Waals surface area contributed by atoms with Gasteiger partial charge in [-0.3, -0.25) is 0 Å². The first-order valence-corrected chi connectivity index (χ1v) is 6.87. The van der Waals surface area contributed by atoms with E-state index >= 15 is 0 Å². The number of hydrogen-bond donors (Lipinski definition) is 0. The first-order valence-electron chi connectivity index (χ1n) is 6.87. The number of hydrogen-bond acceptors (Lipinski definition) is 4. The van der Waals surface area contributed by atoms with E-state index in [1.165, 1.54) is 0 Å². The number of ether oxygens (including phenoxy) is 4. The molecule has 0 saturated carbocycles. The van der Waals surface area contributed by atoms with Gasteiger partial charge in [-0.2, -0.15) is 0 Å². The maximum atomic E-state index is 5.48. The second-order valence-electron chi connectivity index (χ2n) is 5.45. The van der Waals surface area contributed by atoms with E-state index < -0.39 is 0 Å². The Morgan fingerprint density at radius 2 is 1.00 bits per heavy atom. The molecule has 0 aromatic carbocycles. The Hall–Kier alpha value is -0.160. The van der Waals surface area contributed by atoms with Gasteiger partial charge >= 0.3 is 0 Å². The topological polar surface area (TPSA) is 36.9 Å². The first kappa shape index (κ1) is 17.8. The zero-order chi connectivity index (χ0) is 13.7. The van der Waals surface area contributed by atoms with E-state index in [1.807, 2.05) is 0 Å². The zero-order valence-electron chi connectivity index (χ0n) is 12.5. The molecule has 4 heteroatoms. The predicted molar refractivity (Wildman–Crippen MR) is 73.0 cm³/mol. The molecule has 0 aromatic heterocycles. The molecule has 4 nitrogen and oxygen atoms in total. The fourth-order valence-corrected chi connectivity index (χ4v) is 1.18. The van der Waals surface area contributed by atoms with E-state index in [0.717, 1.165) is 19.6 Å². The Balaban J connectivity index is 2.99. The van der Waals surface area contributed by atoms with Crippen molar-refractivity contribution in [3.63, 3.8) is 0 Å². The van der Waals surface area contributed by atoms with Crippen molar-refractivity contribution < 1.29 is 18.9 Å². The third-order valence-electron chi connectivity index (χ3n) is 2.00. The van der Waals surface area contributed by atoms with Gasteiger partial charge in [0.25, 0.3) is 0 Å². The van der Waals surface area contributed by atoms with Gasteiger partial charge in [-0.25, -0.2) is 0 Å². The van der Waals surface area contributed by atoms with Gasteiger partial charge in [0.05, 0.1) is 46.2 Å². The van der Waals surface area contributed by atoms with E-state index in [1.54, 1.807) is 0 Å². The molecule has 0 aliphatic carbocycles. The van der Waals surface area contributed by atoms with Crippen molar-refractivity contribution in [2.45, 2.75) is 34.1 Å². The van der Waals surface area contributed by atoms with Crippen LogP contribution in [0.15, 0.2) is 0 Å². The quantitative estimate of drug-likeness (QED) is 0.506. The Morgan fingerprint density at radius 1 is 0.611 bits per heavy atom. The standard InChI is InChI=1S/C14H30O4/c1-5-6-15-7-8-16-9-10-17-11-12-18-13-14(2,3)4/h5-13H2,1-4H3. The molecule has 0 heterocycles. The summed E-state index contributed by atoms with van der Waals surface area (Å²) in [6.07, 6.45) is 1.05. The fraction of sp³-hybridized carbons (Fsp3) is 1.00. The van der Waals surface area contributed by atoms with Crippen molar-refractivity contribution in [1.29, 1.82) is 0 Å². The molecule has 0 aromatic rings. The highest BCUT2D eigenvalue weighted by atomic mass is 16.6. The molecule has 0 bridgehead atoms. The maximum Gasteiger partial charge on any atom is 0.0701 e. The summed E-state index contributed by atoms with van der Waals surface area (Å²) in [5, 5.41) is 0. The minimum Gasteiger partial charge on any atom is -0.379 e. The van der Waals surface area contributed by atoms with Crippen LogP contribution in [0.2, 0.25) is 0 Å². The molecule has 0 saturated heterocycles. The second kappa shape index (κ2) is 11.9. The largest absolute Gasteiger partial charge is 0.379 e. The summed E-state index contributed by atoms with van der Waals surface area (Å²) in [5.41, 5.74) is 0.224. The minimum absolute atomic E-state index is 0.224. The van der Waals surface area contributed by atoms with Gasteiger partial charge in [-0.15, -0.1) is 0 Å². The Kier molecular flexibility index (Phi) is 11.8. The SMILES string of the molecule is CCCOCCOCCOCCOCC(C)(C)C. The average molecular weight is 262 g/mol. The summed E-state index contributed by atoms with van der Waals surface area (Å²) in [6, 6.07) is 0.